The van der Waals surface area contributed by atoms with Crippen LogP contribution >= 0.6 is 0 Å². The predicted molar refractivity (Wildman–Crippen MR) is 119 cm³/mol. The quantitative estimate of drug-likeness (QED) is 0.569. The molecule has 0 amide bonds. The SMILES string of the molecule is Cc1cccc(Cn2ccc(-c3c[nH]c4ncc(N5CCOCC5)cc34)cc2=O)c1. The zero-order valence-electron chi connectivity index (χ0n) is 17.0. The highest BCUT2D eigenvalue weighted by molar-refractivity contribution is 5.95. The van der Waals surface area contributed by atoms with Crippen molar-refractivity contribution in [3.8, 4) is 11.1 Å². The number of benzene rings is 1. The third-order valence-corrected chi connectivity index (χ3v) is 5.64. The third-order valence-electron chi connectivity index (χ3n) is 5.64. The van der Waals surface area contributed by atoms with Crippen molar-refractivity contribution < 1.29 is 4.74 Å². The minimum Gasteiger partial charge on any atom is -0.378 e. The predicted octanol–water partition coefficient (Wildman–Crippen LogP) is 3.58. The van der Waals surface area contributed by atoms with Crippen molar-refractivity contribution in [3.05, 3.63) is 82.5 Å². The van der Waals surface area contributed by atoms with Crippen LogP contribution < -0.4 is 10.5 Å². The van der Waals surface area contributed by atoms with E-state index in [0.29, 0.717) is 6.54 Å². The van der Waals surface area contributed by atoms with Gasteiger partial charge in [-0.15, -0.1) is 0 Å². The summed E-state index contributed by atoms with van der Waals surface area (Å²) in [4.78, 5) is 22.9. The number of aromatic amines is 1. The maximum absolute atomic E-state index is 12.8. The van der Waals surface area contributed by atoms with Crippen LogP contribution in [0.1, 0.15) is 11.1 Å². The van der Waals surface area contributed by atoms with Crippen LogP contribution in [0.5, 0.6) is 0 Å². The topological polar surface area (TPSA) is 63.1 Å². The van der Waals surface area contributed by atoms with E-state index in [4.69, 9.17) is 4.74 Å². The highest BCUT2D eigenvalue weighted by Crippen LogP contribution is 2.30. The number of pyridine rings is 2. The first-order valence-corrected chi connectivity index (χ1v) is 10.2. The Morgan fingerprint density at radius 1 is 1.13 bits per heavy atom. The number of H-pyrrole nitrogens is 1. The Morgan fingerprint density at radius 2 is 2.00 bits per heavy atom. The van der Waals surface area contributed by atoms with Gasteiger partial charge in [0.2, 0.25) is 0 Å². The van der Waals surface area contributed by atoms with Gasteiger partial charge < -0.3 is 19.2 Å². The molecule has 1 N–H and O–H groups in total. The molecule has 4 aromatic rings. The highest BCUT2D eigenvalue weighted by atomic mass is 16.5. The molecule has 1 aliphatic rings. The number of nitrogens with one attached hydrogen (secondary N) is 1. The molecule has 152 valence electrons. The lowest BCUT2D eigenvalue weighted by Gasteiger charge is -2.28. The number of nitrogens with zero attached hydrogens (tertiary/aromatic N) is 3. The molecule has 5 rings (SSSR count). The molecule has 1 aliphatic heterocycles. The Balaban J connectivity index is 1.47. The van der Waals surface area contributed by atoms with Gasteiger partial charge in [-0.05, 0) is 30.2 Å². The van der Waals surface area contributed by atoms with Gasteiger partial charge in [-0.25, -0.2) is 4.98 Å². The minimum absolute atomic E-state index is 0.0133. The Morgan fingerprint density at radius 3 is 2.80 bits per heavy atom. The second kappa shape index (κ2) is 7.80. The molecule has 0 saturated carbocycles. The summed E-state index contributed by atoms with van der Waals surface area (Å²) in [5.41, 5.74) is 6.10. The average molecular weight is 400 g/mol. The molecule has 6 heteroatoms. The van der Waals surface area contributed by atoms with Crippen LogP contribution in [-0.2, 0) is 11.3 Å². The normalized spacial score (nSPS) is 14.4. The largest absolute Gasteiger partial charge is 0.378 e. The number of ether oxygens (including phenoxy) is 1. The van der Waals surface area contributed by atoms with Crippen molar-refractivity contribution in [2.24, 2.45) is 0 Å². The van der Waals surface area contributed by atoms with Crippen molar-refractivity contribution >= 4 is 16.7 Å². The molecular formula is C24H24N4O2. The zero-order chi connectivity index (χ0) is 20.5. The van der Waals surface area contributed by atoms with Gasteiger partial charge >= 0.3 is 0 Å². The minimum atomic E-state index is -0.0133. The molecule has 0 unspecified atom stereocenters. The van der Waals surface area contributed by atoms with Gasteiger partial charge in [-0.3, -0.25) is 4.79 Å². The van der Waals surface area contributed by atoms with Gasteiger partial charge in [0.1, 0.15) is 5.65 Å². The first-order chi connectivity index (χ1) is 14.7. The lowest BCUT2D eigenvalue weighted by Crippen LogP contribution is -2.36. The van der Waals surface area contributed by atoms with Gasteiger partial charge in [0, 0.05) is 42.5 Å². The van der Waals surface area contributed by atoms with Crippen molar-refractivity contribution in [1.29, 1.82) is 0 Å². The molecule has 0 radical (unpaired) electrons. The third kappa shape index (κ3) is 3.62. The van der Waals surface area contributed by atoms with E-state index in [-0.39, 0.29) is 5.56 Å². The lowest BCUT2D eigenvalue weighted by molar-refractivity contribution is 0.122. The summed E-state index contributed by atoms with van der Waals surface area (Å²) in [6.45, 7) is 5.82. The van der Waals surface area contributed by atoms with Crippen molar-refractivity contribution in [3.63, 3.8) is 0 Å². The lowest BCUT2D eigenvalue weighted by atomic mass is 10.1. The molecule has 30 heavy (non-hydrogen) atoms. The van der Waals surface area contributed by atoms with Crippen LogP contribution in [-0.4, -0.2) is 40.8 Å². The second-order valence-corrected chi connectivity index (χ2v) is 7.76. The van der Waals surface area contributed by atoms with E-state index in [1.807, 2.05) is 36.8 Å². The fraction of sp³-hybridized carbons (Fsp3) is 0.250. The zero-order valence-corrected chi connectivity index (χ0v) is 17.0. The van der Waals surface area contributed by atoms with E-state index >= 15 is 0 Å². The number of fused-ring (bicyclic) bond motifs is 1. The van der Waals surface area contributed by atoms with E-state index in [2.05, 4.69) is 40.0 Å². The van der Waals surface area contributed by atoms with Crippen LogP contribution in [0.15, 0.2) is 65.8 Å². The maximum Gasteiger partial charge on any atom is 0.251 e. The number of morpholine rings is 1. The summed E-state index contributed by atoms with van der Waals surface area (Å²) in [5, 5.41) is 1.02. The summed E-state index contributed by atoms with van der Waals surface area (Å²) in [6.07, 6.45) is 5.70. The Kier molecular flexibility index (Phi) is 4.85. The van der Waals surface area contributed by atoms with Crippen LogP contribution in [0.25, 0.3) is 22.2 Å². The molecule has 0 bridgehead atoms. The van der Waals surface area contributed by atoms with Crippen LogP contribution in [0.4, 0.5) is 5.69 Å². The van der Waals surface area contributed by atoms with Crippen LogP contribution in [0.2, 0.25) is 0 Å². The Hall–Kier alpha value is -3.38. The van der Waals surface area contributed by atoms with Crippen LogP contribution in [0.3, 0.4) is 0 Å². The van der Waals surface area contributed by atoms with E-state index < -0.39 is 0 Å². The molecular weight excluding hydrogens is 376 g/mol. The summed E-state index contributed by atoms with van der Waals surface area (Å²) in [6, 6.07) is 14.1. The van der Waals surface area contributed by atoms with Gasteiger partial charge in [0.05, 0.1) is 31.6 Å². The number of anilines is 1. The molecule has 1 fully saturated rings. The summed E-state index contributed by atoms with van der Waals surface area (Å²) in [5.74, 6) is 0. The van der Waals surface area contributed by atoms with Crippen LogP contribution in [0, 0.1) is 6.92 Å². The Bertz CT molecular complexity index is 1250. The molecule has 0 atom stereocenters. The van der Waals surface area contributed by atoms with Gasteiger partial charge in [-0.2, -0.15) is 0 Å². The summed E-state index contributed by atoms with van der Waals surface area (Å²) < 4.78 is 7.20. The first-order valence-electron chi connectivity index (χ1n) is 10.2. The van der Waals surface area contributed by atoms with Gasteiger partial charge in [0.15, 0.2) is 0 Å². The molecule has 0 aliphatic carbocycles. The standard InChI is InChI=1S/C24H24N4O2/c1-17-3-2-4-18(11-17)16-28-6-5-19(12-23(28)29)22-15-26-24-21(22)13-20(14-25-24)27-7-9-30-10-8-27/h2-6,11-15H,7-10,16H2,1H3,(H,25,26). The van der Waals surface area contributed by atoms with Crippen molar-refractivity contribution in [2.45, 2.75) is 13.5 Å². The van der Waals surface area contributed by atoms with Gasteiger partial charge in [-0.1, -0.05) is 29.8 Å². The average Bonchev–Trinajstić information content (AvgIpc) is 3.19. The fourth-order valence-electron chi connectivity index (χ4n) is 4.04. The van der Waals surface area contributed by atoms with Crippen molar-refractivity contribution in [1.82, 2.24) is 14.5 Å². The Labute approximate surface area is 174 Å². The summed E-state index contributed by atoms with van der Waals surface area (Å²) in [7, 11) is 0. The highest BCUT2D eigenvalue weighted by Gasteiger charge is 2.15. The maximum atomic E-state index is 12.8. The molecule has 4 heterocycles. The van der Waals surface area contributed by atoms with Gasteiger partial charge in [0.25, 0.3) is 5.56 Å². The van der Waals surface area contributed by atoms with E-state index in [1.165, 1.54) is 5.56 Å². The molecule has 1 aromatic carbocycles. The number of aromatic nitrogens is 3. The number of hydrogen-bond donors (Lipinski definition) is 1. The number of aryl methyl sites for hydroxylation is 1. The van der Waals surface area contributed by atoms with Crippen molar-refractivity contribution in [2.75, 3.05) is 31.2 Å². The molecule has 3 aromatic heterocycles. The molecule has 1 saturated heterocycles. The number of hydrogen-bond acceptors (Lipinski definition) is 4. The molecule has 6 nitrogen and oxygen atoms in total. The molecule has 0 spiro atoms. The smallest absolute Gasteiger partial charge is 0.251 e. The fourth-order valence-corrected chi connectivity index (χ4v) is 4.04. The summed E-state index contributed by atoms with van der Waals surface area (Å²) >= 11 is 0. The second-order valence-electron chi connectivity index (χ2n) is 7.76. The monoisotopic (exact) mass is 400 g/mol. The van der Waals surface area contributed by atoms with E-state index in [9.17, 15) is 4.79 Å². The first kappa shape index (κ1) is 18.6. The number of rotatable bonds is 4. The van der Waals surface area contributed by atoms with E-state index in [1.54, 1.807) is 10.6 Å². The van der Waals surface area contributed by atoms with E-state index in [0.717, 1.165) is 59.7 Å².